The number of anilines is 1. The normalized spacial score (nSPS) is 9.92. The van der Waals surface area contributed by atoms with E-state index in [1.54, 1.807) is 6.20 Å². The summed E-state index contributed by atoms with van der Waals surface area (Å²) in [6.07, 6.45) is 3.61. The van der Waals surface area contributed by atoms with E-state index in [0.29, 0.717) is 6.54 Å². The summed E-state index contributed by atoms with van der Waals surface area (Å²) in [5.41, 5.74) is 3.36. The number of aromatic nitrogens is 1. The van der Waals surface area contributed by atoms with Crippen LogP contribution in [0.25, 0.3) is 0 Å². The number of hydrogen-bond donors (Lipinski definition) is 2. The molecule has 0 spiro atoms. The number of nitrogens with one attached hydrogen (secondary N) is 1. The molecular weight excluding hydrogens is 152 g/mol. The predicted molar refractivity (Wildman–Crippen MR) is 49.3 cm³/mol. The van der Waals surface area contributed by atoms with Gasteiger partial charge in [-0.1, -0.05) is 0 Å². The van der Waals surface area contributed by atoms with Crippen LogP contribution in [0.5, 0.6) is 0 Å². The van der Waals surface area contributed by atoms with E-state index in [1.807, 2.05) is 20.0 Å². The van der Waals surface area contributed by atoms with Crippen LogP contribution in [0.4, 0.5) is 5.69 Å². The van der Waals surface area contributed by atoms with Crippen molar-refractivity contribution in [1.82, 2.24) is 4.98 Å². The highest BCUT2D eigenvalue weighted by atomic mass is 16.3. The molecule has 0 aliphatic carbocycles. The van der Waals surface area contributed by atoms with Crippen LogP contribution in [0.3, 0.4) is 0 Å². The van der Waals surface area contributed by atoms with Crippen LogP contribution in [-0.2, 0) is 0 Å². The molecule has 0 bridgehead atoms. The number of nitrogens with zero attached hydrogens (tertiary/aromatic N) is 1. The Morgan fingerprint density at radius 3 is 2.83 bits per heavy atom. The molecule has 0 unspecified atom stereocenters. The third-order valence-electron chi connectivity index (χ3n) is 1.89. The number of rotatable bonds is 3. The highest BCUT2D eigenvalue weighted by molar-refractivity contribution is 5.51. The maximum atomic E-state index is 8.60. The quantitative estimate of drug-likeness (QED) is 0.706. The molecule has 3 nitrogen and oxygen atoms in total. The minimum atomic E-state index is 0.146. The fourth-order valence-corrected chi connectivity index (χ4v) is 0.998. The SMILES string of the molecule is Cc1cncc(NCCO)c1C. The fourth-order valence-electron chi connectivity index (χ4n) is 0.998. The first-order valence-corrected chi connectivity index (χ1v) is 4.01. The molecule has 0 saturated heterocycles. The molecule has 0 aliphatic rings. The van der Waals surface area contributed by atoms with Gasteiger partial charge in [-0.2, -0.15) is 0 Å². The van der Waals surface area contributed by atoms with Crippen molar-refractivity contribution < 1.29 is 5.11 Å². The third-order valence-corrected chi connectivity index (χ3v) is 1.89. The lowest BCUT2D eigenvalue weighted by Gasteiger charge is -2.08. The number of pyridine rings is 1. The van der Waals surface area contributed by atoms with Crippen LogP contribution in [0, 0.1) is 13.8 Å². The second kappa shape index (κ2) is 4.07. The van der Waals surface area contributed by atoms with Crippen LogP contribution in [0.1, 0.15) is 11.1 Å². The number of aryl methyl sites for hydroxylation is 1. The first kappa shape index (κ1) is 9.00. The van der Waals surface area contributed by atoms with Gasteiger partial charge in [-0.3, -0.25) is 4.98 Å². The van der Waals surface area contributed by atoms with Crippen molar-refractivity contribution in [3.05, 3.63) is 23.5 Å². The molecule has 1 aromatic heterocycles. The lowest BCUT2D eigenvalue weighted by Crippen LogP contribution is -2.07. The Morgan fingerprint density at radius 1 is 1.42 bits per heavy atom. The van der Waals surface area contributed by atoms with Crippen molar-refractivity contribution in [3.63, 3.8) is 0 Å². The molecule has 0 aromatic carbocycles. The van der Waals surface area contributed by atoms with Gasteiger partial charge in [0.15, 0.2) is 0 Å². The van der Waals surface area contributed by atoms with Gasteiger partial charge < -0.3 is 10.4 Å². The Hall–Kier alpha value is -1.09. The molecule has 0 fully saturated rings. The molecule has 66 valence electrons. The van der Waals surface area contributed by atoms with E-state index >= 15 is 0 Å². The summed E-state index contributed by atoms with van der Waals surface area (Å²) in [4.78, 5) is 4.05. The molecule has 0 aliphatic heterocycles. The number of aliphatic hydroxyl groups excluding tert-OH is 1. The Bertz CT molecular complexity index is 261. The van der Waals surface area contributed by atoms with Crippen molar-refractivity contribution in [3.8, 4) is 0 Å². The maximum absolute atomic E-state index is 8.60. The van der Waals surface area contributed by atoms with Crippen LogP contribution in [0.15, 0.2) is 12.4 Å². The Balaban J connectivity index is 2.78. The first-order valence-electron chi connectivity index (χ1n) is 4.01. The smallest absolute Gasteiger partial charge is 0.0604 e. The zero-order chi connectivity index (χ0) is 8.97. The second-order valence-electron chi connectivity index (χ2n) is 2.78. The van der Waals surface area contributed by atoms with Crippen LogP contribution < -0.4 is 5.32 Å². The highest BCUT2D eigenvalue weighted by Crippen LogP contribution is 2.15. The lowest BCUT2D eigenvalue weighted by molar-refractivity contribution is 0.311. The van der Waals surface area contributed by atoms with E-state index in [0.717, 1.165) is 11.3 Å². The van der Waals surface area contributed by atoms with E-state index in [1.165, 1.54) is 5.56 Å². The predicted octanol–water partition coefficient (Wildman–Crippen LogP) is 1.10. The molecule has 12 heavy (non-hydrogen) atoms. The summed E-state index contributed by atoms with van der Waals surface area (Å²) in [5, 5.41) is 11.7. The van der Waals surface area contributed by atoms with Crippen molar-refractivity contribution in [2.45, 2.75) is 13.8 Å². The molecule has 3 heteroatoms. The first-order chi connectivity index (χ1) is 5.75. The third kappa shape index (κ3) is 1.95. The summed E-state index contributed by atoms with van der Waals surface area (Å²) in [6.45, 7) is 4.78. The summed E-state index contributed by atoms with van der Waals surface area (Å²) in [7, 11) is 0. The molecular formula is C9H14N2O. The zero-order valence-electron chi connectivity index (χ0n) is 7.46. The van der Waals surface area contributed by atoms with E-state index in [2.05, 4.69) is 10.3 Å². The lowest BCUT2D eigenvalue weighted by atomic mass is 10.1. The topological polar surface area (TPSA) is 45.2 Å². The monoisotopic (exact) mass is 166 g/mol. The largest absolute Gasteiger partial charge is 0.395 e. The van der Waals surface area contributed by atoms with E-state index < -0.39 is 0 Å². The van der Waals surface area contributed by atoms with Crippen molar-refractivity contribution in [2.75, 3.05) is 18.5 Å². The van der Waals surface area contributed by atoms with Gasteiger partial charge in [-0.05, 0) is 25.0 Å². The Kier molecular flexibility index (Phi) is 3.05. The maximum Gasteiger partial charge on any atom is 0.0604 e. The number of aliphatic hydroxyl groups is 1. The van der Waals surface area contributed by atoms with Gasteiger partial charge in [0.25, 0.3) is 0 Å². The van der Waals surface area contributed by atoms with E-state index in [9.17, 15) is 0 Å². The average molecular weight is 166 g/mol. The molecule has 0 amide bonds. The zero-order valence-corrected chi connectivity index (χ0v) is 7.46. The van der Waals surface area contributed by atoms with E-state index in [-0.39, 0.29) is 6.61 Å². The Morgan fingerprint density at radius 2 is 2.17 bits per heavy atom. The minimum absolute atomic E-state index is 0.146. The second-order valence-corrected chi connectivity index (χ2v) is 2.78. The van der Waals surface area contributed by atoms with Crippen LogP contribution in [0.2, 0.25) is 0 Å². The summed E-state index contributed by atoms with van der Waals surface area (Å²) in [5.74, 6) is 0. The highest BCUT2D eigenvalue weighted by Gasteiger charge is 1.98. The fraction of sp³-hybridized carbons (Fsp3) is 0.444. The van der Waals surface area contributed by atoms with E-state index in [4.69, 9.17) is 5.11 Å². The average Bonchev–Trinajstić information content (AvgIpc) is 2.08. The van der Waals surface area contributed by atoms with Gasteiger partial charge >= 0.3 is 0 Å². The molecule has 1 heterocycles. The molecule has 2 N–H and O–H groups in total. The minimum Gasteiger partial charge on any atom is -0.395 e. The van der Waals surface area contributed by atoms with Gasteiger partial charge in [0.1, 0.15) is 0 Å². The van der Waals surface area contributed by atoms with Gasteiger partial charge in [-0.15, -0.1) is 0 Å². The standard InChI is InChI=1S/C9H14N2O/c1-7-5-10-6-9(8(7)2)11-3-4-12/h5-6,11-12H,3-4H2,1-2H3. The van der Waals surface area contributed by atoms with Crippen molar-refractivity contribution >= 4 is 5.69 Å². The Labute approximate surface area is 72.5 Å². The van der Waals surface area contributed by atoms with Gasteiger partial charge in [0.2, 0.25) is 0 Å². The van der Waals surface area contributed by atoms with Gasteiger partial charge in [-0.25, -0.2) is 0 Å². The molecule has 1 rings (SSSR count). The summed E-state index contributed by atoms with van der Waals surface area (Å²) in [6, 6.07) is 0. The molecule has 0 atom stereocenters. The molecule has 0 saturated carbocycles. The van der Waals surface area contributed by atoms with Crippen molar-refractivity contribution in [2.24, 2.45) is 0 Å². The molecule has 0 radical (unpaired) electrons. The molecule has 1 aromatic rings. The van der Waals surface area contributed by atoms with Crippen LogP contribution >= 0.6 is 0 Å². The summed E-state index contributed by atoms with van der Waals surface area (Å²) >= 11 is 0. The van der Waals surface area contributed by atoms with Crippen LogP contribution in [-0.4, -0.2) is 23.2 Å². The number of hydrogen-bond acceptors (Lipinski definition) is 3. The van der Waals surface area contributed by atoms with Crippen molar-refractivity contribution in [1.29, 1.82) is 0 Å². The summed E-state index contributed by atoms with van der Waals surface area (Å²) < 4.78 is 0. The van der Waals surface area contributed by atoms with Gasteiger partial charge in [0, 0.05) is 12.7 Å². The van der Waals surface area contributed by atoms with Gasteiger partial charge in [0.05, 0.1) is 18.5 Å².